The van der Waals surface area contributed by atoms with Crippen LogP contribution in [0.3, 0.4) is 0 Å². The van der Waals surface area contributed by atoms with E-state index in [0.717, 1.165) is 24.1 Å². The number of aromatic hydroxyl groups is 1. The van der Waals surface area contributed by atoms with Gasteiger partial charge in [0.2, 0.25) is 5.91 Å². The largest absolute Gasteiger partial charge is 0.508 e. The van der Waals surface area contributed by atoms with E-state index in [9.17, 15) is 20.1 Å². The van der Waals surface area contributed by atoms with Gasteiger partial charge < -0.3 is 25.5 Å². The molecule has 6 nitrogen and oxygen atoms in total. The van der Waals surface area contributed by atoms with Crippen molar-refractivity contribution in [3.8, 4) is 5.75 Å². The smallest absolute Gasteiger partial charge is 0.226 e. The van der Waals surface area contributed by atoms with Gasteiger partial charge in [-0.05, 0) is 60.9 Å². The maximum atomic E-state index is 12.8. The highest BCUT2D eigenvalue weighted by Crippen LogP contribution is 2.24. The lowest BCUT2D eigenvalue weighted by molar-refractivity contribution is -0.129. The lowest BCUT2D eigenvalue weighted by atomic mass is 9.89. The van der Waals surface area contributed by atoms with Crippen LogP contribution >= 0.6 is 0 Å². The third-order valence-corrected chi connectivity index (χ3v) is 6.89. The fourth-order valence-corrected chi connectivity index (χ4v) is 4.83. The highest BCUT2D eigenvalue weighted by atomic mass is 16.3. The van der Waals surface area contributed by atoms with E-state index in [1.807, 2.05) is 24.1 Å². The van der Waals surface area contributed by atoms with Crippen molar-refractivity contribution in [2.75, 3.05) is 20.1 Å². The molecule has 2 aromatic rings. The second-order valence-corrected chi connectivity index (χ2v) is 9.85. The number of hydrogen-bond acceptors (Lipinski definition) is 5. The summed E-state index contributed by atoms with van der Waals surface area (Å²) in [4.78, 5) is 14.7. The number of carbonyl (C=O) groups excluding carboxylic acids is 1. The van der Waals surface area contributed by atoms with Crippen LogP contribution in [0.15, 0.2) is 42.5 Å². The molecule has 3 rings (SSSR count). The van der Waals surface area contributed by atoms with E-state index >= 15 is 0 Å². The molecule has 1 amide bonds. The summed E-state index contributed by atoms with van der Waals surface area (Å²) >= 11 is 0. The minimum atomic E-state index is -0.739. The Morgan fingerprint density at radius 1 is 1.12 bits per heavy atom. The highest BCUT2D eigenvalue weighted by Gasteiger charge is 2.19. The molecule has 6 heteroatoms. The number of hydrogen-bond donors (Lipinski definition) is 4. The quantitative estimate of drug-likeness (QED) is 0.403. The number of rotatable bonds is 11. The summed E-state index contributed by atoms with van der Waals surface area (Å²) in [6.45, 7) is 3.02. The van der Waals surface area contributed by atoms with Crippen LogP contribution < -0.4 is 5.32 Å². The molecule has 1 fully saturated rings. The number of phenols is 1. The average molecular weight is 469 g/mol. The minimum Gasteiger partial charge on any atom is -0.508 e. The van der Waals surface area contributed by atoms with E-state index in [-0.39, 0.29) is 24.3 Å². The summed E-state index contributed by atoms with van der Waals surface area (Å²) in [6.07, 6.45) is 6.85. The van der Waals surface area contributed by atoms with Gasteiger partial charge in [-0.1, -0.05) is 49.6 Å². The molecule has 0 unspecified atom stereocenters. The fraction of sp³-hybridized carbons (Fsp3) is 0.536. The molecule has 0 aliphatic heterocycles. The molecule has 0 aromatic heterocycles. The van der Waals surface area contributed by atoms with Crippen LogP contribution in [-0.2, 0) is 24.2 Å². The molecule has 0 spiro atoms. The van der Waals surface area contributed by atoms with Gasteiger partial charge in [0.25, 0.3) is 0 Å². The highest BCUT2D eigenvalue weighted by molar-refractivity contribution is 5.78. The molecule has 0 bridgehead atoms. The number of amides is 1. The van der Waals surface area contributed by atoms with E-state index in [0.29, 0.717) is 30.0 Å². The van der Waals surface area contributed by atoms with Gasteiger partial charge in [0.1, 0.15) is 5.75 Å². The Morgan fingerprint density at radius 3 is 2.59 bits per heavy atom. The zero-order chi connectivity index (χ0) is 24.5. The SMILES string of the molecule is C[C@H](Cc1cccc(CC(=O)N(C)CC2CCCCC2)c1)NC[C@@H](O)c1ccc(O)c(CO)c1. The number of nitrogens with zero attached hydrogens (tertiary/aromatic N) is 1. The van der Waals surface area contributed by atoms with Gasteiger partial charge in [0.05, 0.1) is 19.1 Å². The van der Waals surface area contributed by atoms with Crippen molar-refractivity contribution < 1.29 is 20.1 Å². The Balaban J connectivity index is 1.47. The molecule has 34 heavy (non-hydrogen) atoms. The molecular weight excluding hydrogens is 428 g/mol. The first-order valence-electron chi connectivity index (χ1n) is 12.5. The summed E-state index contributed by atoms with van der Waals surface area (Å²) in [5, 5.41) is 32.9. The Bertz CT molecular complexity index is 926. The molecule has 0 radical (unpaired) electrons. The summed E-state index contributed by atoms with van der Waals surface area (Å²) < 4.78 is 0. The topological polar surface area (TPSA) is 93.0 Å². The molecule has 186 valence electrons. The Morgan fingerprint density at radius 2 is 1.85 bits per heavy atom. The first-order chi connectivity index (χ1) is 16.4. The number of carbonyl (C=O) groups is 1. The standard InChI is InChI=1S/C28H40N2O4/c1-20(29-17-27(33)24-11-12-26(32)25(16-24)19-31)13-22-9-6-10-23(14-22)15-28(34)30(2)18-21-7-4-3-5-8-21/h6,9-12,14,16,20-21,27,29,31-33H,3-5,7-8,13,15,17-19H2,1-2H3/t20-,27-/m1/s1. The first kappa shape index (κ1) is 26.2. The van der Waals surface area contributed by atoms with Crippen molar-refractivity contribution in [2.24, 2.45) is 5.92 Å². The molecular formula is C28H40N2O4. The third kappa shape index (κ3) is 7.83. The van der Waals surface area contributed by atoms with Crippen LogP contribution in [0.25, 0.3) is 0 Å². The van der Waals surface area contributed by atoms with E-state index < -0.39 is 6.10 Å². The second-order valence-electron chi connectivity index (χ2n) is 9.85. The van der Waals surface area contributed by atoms with Crippen molar-refractivity contribution in [2.45, 2.75) is 70.6 Å². The van der Waals surface area contributed by atoms with Crippen molar-refractivity contribution in [3.05, 3.63) is 64.7 Å². The third-order valence-electron chi connectivity index (χ3n) is 6.89. The van der Waals surface area contributed by atoms with Gasteiger partial charge >= 0.3 is 0 Å². The first-order valence-corrected chi connectivity index (χ1v) is 12.5. The summed E-state index contributed by atoms with van der Waals surface area (Å²) in [7, 11) is 1.93. The Hall–Kier alpha value is -2.41. The predicted octanol–water partition coefficient (Wildman–Crippen LogP) is 3.72. The normalized spacial score (nSPS) is 16.2. The summed E-state index contributed by atoms with van der Waals surface area (Å²) in [5.41, 5.74) is 3.24. The molecule has 1 aliphatic rings. The van der Waals surface area contributed by atoms with Crippen LogP contribution in [0.4, 0.5) is 0 Å². The van der Waals surface area contributed by atoms with E-state index in [1.54, 1.807) is 12.1 Å². The second kappa shape index (κ2) is 12.9. The van der Waals surface area contributed by atoms with Gasteiger partial charge in [-0.2, -0.15) is 0 Å². The van der Waals surface area contributed by atoms with Crippen molar-refractivity contribution in [3.63, 3.8) is 0 Å². The van der Waals surface area contributed by atoms with Gasteiger partial charge in [0, 0.05) is 31.7 Å². The lowest BCUT2D eigenvalue weighted by Gasteiger charge is -2.27. The average Bonchev–Trinajstić information content (AvgIpc) is 2.83. The maximum Gasteiger partial charge on any atom is 0.226 e. The maximum absolute atomic E-state index is 12.8. The predicted molar refractivity (Wildman–Crippen MR) is 135 cm³/mol. The Kier molecular flexibility index (Phi) is 9.93. The van der Waals surface area contributed by atoms with Crippen LogP contribution in [0.2, 0.25) is 0 Å². The fourth-order valence-electron chi connectivity index (χ4n) is 4.83. The number of nitrogens with one attached hydrogen (secondary N) is 1. The van der Waals surface area contributed by atoms with Crippen LogP contribution in [0.5, 0.6) is 5.75 Å². The Labute approximate surface area is 203 Å². The number of benzene rings is 2. The number of likely N-dealkylation sites (N-methyl/N-ethyl adjacent to an activating group) is 1. The molecule has 2 atom stereocenters. The molecule has 2 aromatic carbocycles. The molecule has 1 saturated carbocycles. The van der Waals surface area contributed by atoms with Crippen molar-refractivity contribution in [1.82, 2.24) is 10.2 Å². The van der Waals surface area contributed by atoms with Gasteiger partial charge in [-0.25, -0.2) is 0 Å². The van der Waals surface area contributed by atoms with Crippen molar-refractivity contribution in [1.29, 1.82) is 0 Å². The molecule has 0 saturated heterocycles. The molecule has 1 aliphatic carbocycles. The summed E-state index contributed by atoms with van der Waals surface area (Å²) in [5.74, 6) is 0.847. The number of aliphatic hydroxyl groups excluding tert-OH is 2. The number of aliphatic hydroxyl groups is 2. The van der Waals surface area contributed by atoms with Crippen LogP contribution in [0, 0.1) is 5.92 Å². The van der Waals surface area contributed by atoms with Gasteiger partial charge in [0.15, 0.2) is 0 Å². The van der Waals surface area contributed by atoms with Crippen LogP contribution in [-0.4, -0.2) is 52.3 Å². The van der Waals surface area contributed by atoms with Crippen LogP contribution in [0.1, 0.15) is 67.4 Å². The van der Waals surface area contributed by atoms with E-state index in [2.05, 4.69) is 24.4 Å². The monoisotopic (exact) mass is 468 g/mol. The molecule has 4 N–H and O–H groups in total. The summed E-state index contributed by atoms with van der Waals surface area (Å²) in [6, 6.07) is 13.1. The van der Waals surface area contributed by atoms with Crippen molar-refractivity contribution >= 4 is 5.91 Å². The van der Waals surface area contributed by atoms with Gasteiger partial charge in [-0.3, -0.25) is 4.79 Å². The van der Waals surface area contributed by atoms with E-state index in [1.165, 1.54) is 38.2 Å². The van der Waals surface area contributed by atoms with Gasteiger partial charge in [-0.15, -0.1) is 0 Å². The zero-order valence-electron chi connectivity index (χ0n) is 20.5. The lowest BCUT2D eigenvalue weighted by Crippen LogP contribution is -2.33. The van der Waals surface area contributed by atoms with E-state index in [4.69, 9.17) is 0 Å². The zero-order valence-corrected chi connectivity index (χ0v) is 20.5. The molecule has 0 heterocycles. The minimum absolute atomic E-state index is 0.0262.